The number of methoxy groups -OCH3 is 1. The van der Waals surface area contributed by atoms with E-state index in [4.69, 9.17) is 4.74 Å². The van der Waals surface area contributed by atoms with Crippen molar-refractivity contribution >= 4 is 5.69 Å². The number of anilines is 1. The largest absolute Gasteiger partial charge is 0.495 e. The second-order valence-electron chi connectivity index (χ2n) is 5.16. The smallest absolute Gasteiger partial charge is 0.176 e. The van der Waals surface area contributed by atoms with E-state index in [1.165, 1.54) is 5.56 Å². The predicted octanol–water partition coefficient (Wildman–Crippen LogP) is 2.46. The molecule has 0 radical (unpaired) electrons. The summed E-state index contributed by atoms with van der Waals surface area (Å²) in [7, 11) is 1.69. The fourth-order valence-corrected chi connectivity index (χ4v) is 2.50. The van der Waals surface area contributed by atoms with Crippen molar-refractivity contribution in [2.75, 3.05) is 18.6 Å². The van der Waals surface area contributed by atoms with Crippen LogP contribution in [0.2, 0.25) is 0 Å². The first-order valence-electron chi connectivity index (χ1n) is 7.51. The van der Waals surface area contributed by atoms with Crippen LogP contribution in [0.5, 0.6) is 5.75 Å². The number of aromatic nitrogens is 4. The number of tetrazole rings is 1. The van der Waals surface area contributed by atoms with Crippen LogP contribution in [0, 0.1) is 0 Å². The predicted molar refractivity (Wildman–Crippen MR) is 88.4 cm³/mol. The molecule has 23 heavy (non-hydrogen) atoms. The Kier molecular flexibility index (Phi) is 4.83. The van der Waals surface area contributed by atoms with Gasteiger partial charge in [-0.25, -0.2) is 0 Å². The van der Waals surface area contributed by atoms with Crippen molar-refractivity contribution in [2.45, 2.75) is 13.0 Å². The van der Waals surface area contributed by atoms with Gasteiger partial charge in [-0.2, -0.15) is 5.21 Å². The molecule has 3 rings (SSSR count). The van der Waals surface area contributed by atoms with Crippen molar-refractivity contribution in [3.63, 3.8) is 0 Å². The Morgan fingerprint density at radius 1 is 1.04 bits per heavy atom. The fraction of sp³-hybridized carbons (Fsp3) is 0.235. The van der Waals surface area contributed by atoms with E-state index < -0.39 is 0 Å². The van der Waals surface area contributed by atoms with Crippen molar-refractivity contribution < 1.29 is 4.74 Å². The Morgan fingerprint density at radius 3 is 2.57 bits per heavy atom. The molecule has 1 heterocycles. The summed E-state index contributed by atoms with van der Waals surface area (Å²) in [5.74, 6) is 1.56. The van der Waals surface area contributed by atoms with Crippen molar-refractivity contribution in [3.8, 4) is 5.75 Å². The molecule has 118 valence electrons. The highest BCUT2D eigenvalue weighted by molar-refractivity contribution is 5.58. The van der Waals surface area contributed by atoms with Gasteiger partial charge in [0.25, 0.3) is 0 Å². The molecule has 3 aromatic rings. The molecule has 1 aromatic heterocycles. The number of nitrogens with zero attached hydrogens (tertiary/aromatic N) is 4. The molecule has 0 aliphatic carbocycles. The van der Waals surface area contributed by atoms with Gasteiger partial charge >= 0.3 is 0 Å². The molecule has 0 spiro atoms. The number of nitrogens with one attached hydrogen (secondary N) is 1. The molecule has 0 aliphatic heterocycles. The van der Waals surface area contributed by atoms with Crippen LogP contribution < -0.4 is 9.64 Å². The van der Waals surface area contributed by atoms with E-state index in [2.05, 4.69) is 55.9 Å². The van der Waals surface area contributed by atoms with E-state index in [0.29, 0.717) is 12.2 Å². The summed E-state index contributed by atoms with van der Waals surface area (Å²) in [5.41, 5.74) is 2.30. The first-order chi connectivity index (χ1) is 11.4. The van der Waals surface area contributed by atoms with Gasteiger partial charge in [-0.1, -0.05) is 47.7 Å². The molecule has 0 bridgehead atoms. The number of hydrogen-bond donors (Lipinski definition) is 1. The Morgan fingerprint density at radius 2 is 1.83 bits per heavy atom. The van der Waals surface area contributed by atoms with Crippen LogP contribution in [0.1, 0.15) is 11.4 Å². The number of rotatable bonds is 7. The van der Waals surface area contributed by atoms with Gasteiger partial charge in [-0.3, -0.25) is 0 Å². The lowest BCUT2D eigenvalue weighted by Gasteiger charge is -2.26. The second-order valence-corrected chi connectivity index (χ2v) is 5.16. The van der Waals surface area contributed by atoms with E-state index in [9.17, 15) is 0 Å². The topological polar surface area (TPSA) is 66.9 Å². The molecule has 0 amide bonds. The van der Waals surface area contributed by atoms with Crippen LogP contribution in [0.3, 0.4) is 0 Å². The first kappa shape index (κ1) is 15.0. The Labute approximate surface area is 135 Å². The van der Waals surface area contributed by atoms with Crippen molar-refractivity contribution in [2.24, 2.45) is 0 Å². The first-order valence-corrected chi connectivity index (χ1v) is 7.51. The Hall–Kier alpha value is -2.89. The summed E-state index contributed by atoms with van der Waals surface area (Å²) in [5, 5.41) is 14.2. The van der Waals surface area contributed by atoms with Gasteiger partial charge in [-0.05, 0) is 17.7 Å². The van der Waals surface area contributed by atoms with Gasteiger partial charge < -0.3 is 9.64 Å². The zero-order valence-electron chi connectivity index (χ0n) is 13.0. The Balaban J connectivity index is 1.83. The molecule has 6 heteroatoms. The monoisotopic (exact) mass is 309 g/mol. The lowest BCUT2D eigenvalue weighted by Crippen LogP contribution is -2.26. The van der Waals surface area contributed by atoms with E-state index in [-0.39, 0.29) is 0 Å². The van der Waals surface area contributed by atoms with Crippen LogP contribution in [-0.4, -0.2) is 34.3 Å². The fourth-order valence-electron chi connectivity index (χ4n) is 2.50. The summed E-state index contributed by atoms with van der Waals surface area (Å²) in [6, 6.07) is 18.4. The van der Waals surface area contributed by atoms with Crippen LogP contribution >= 0.6 is 0 Å². The minimum atomic E-state index is 0.706. The third-order valence-corrected chi connectivity index (χ3v) is 3.64. The molecule has 0 unspecified atom stereocenters. The summed E-state index contributed by atoms with van der Waals surface area (Å²) in [6.07, 6.45) is 0.710. The van der Waals surface area contributed by atoms with Gasteiger partial charge in [0.15, 0.2) is 5.82 Å². The average molecular weight is 309 g/mol. The van der Waals surface area contributed by atoms with Crippen LogP contribution in [0.4, 0.5) is 5.69 Å². The molecule has 0 atom stereocenters. The van der Waals surface area contributed by atoms with Crippen molar-refractivity contribution in [1.82, 2.24) is 20.6 Å². The summed E-state index contributed by atoms with van der Waals surface area (Å²) < 4.78 is 5.51. The lowest BCUT2D eigenvalue weighted by atomic mass is 10.1. The van der Waals surface area contributed by atoms with Crippen molar-refractivity contribution in [1.29, 1.82) is 0 Å². The van der Waals surface area contributed by atoms with Crippen LogP contribution in [0.25, 0.3) is 0 Å². The second kappa shape index (κ2) is 7.40. The number of hydrogen-bond acceptors (Lipinski definition) is 5. The number of benzene rings is 2. The number of H-pyrrole nitrogens is 1. The Bertz CT molecular complexity index is 715. The standard InChI is InChI=1S/C17H19N5O/c1-23-16-10-6-5-9-15(16)22(12-11-17-18-20-21-19-17)13-14-7-3-2-4-8-14/h2-10H,11-13H2,1H3,(H,18,19,20,21). The third kappa shape index (κ3) is 3.85. The molecule has 0 aliphatic rings. The van der Waals surface area contributed by atoms with Crippen molar-refractivity contribution in [3.05, 3.63) is 66.0 Å². The minimum absolute atomic E-state index is 0.706. The maximum Gasteiger partial charge on any atom is 0.176 e. The minimum Gasteiger partial charge on any atom is -0.495 e. The van der Waals surface area contributed by atoms with Crippen LogP contribution in [-0.2, 0) is 13.0 Å². The molecule has 6 nitrogen and oxygen atoms in total. The van der Waals surface area contributed by atoms with E-state index in [1.54, 1.807) is 7.11 Å². The highest BCUT2D eigenvalue weighted by Crippen LogP contribution is 2.29. The van der Waals surface area contributed by atoms with E-state index in [0.717, 1.165) is 24.5 Å². The van der Waals surface area contributed by atoms with Gasteiger partial charge in [0.1, 0.15) is 5.75 Å². The summed E-state index contributed by atoms with van der Waals surface area (Å²) in [6.45, 7) is 1.56. The van der Waals surface area contributed by atoms with E-state index >= 15 is 0 Å². The maximum atomic E-state index is 5.51. The number of aromatic amines is 1. The third-order valence-electron chi connectivity index (χ3n) is 3.64. The lowest BCUT2D eigenvalue weighted by molar-refractivity contribution is 0.414. The SMILES string of the molecule is COc1ccccc1N(CCc1nn[nH]n1)Cc1ccccc1. The molecule has 0 saturated carbocycles. The van der Waals surface area contributed by atoms with Gasteiger partial charge in [-0.15, -0.1) is 10.2 Å². The zero-order valence-corrected chi connectivity index (χ0v) is 13.0. The normalized spacial score (nSPS) is 10.5. The maximum absolute atomic E-state index is 5.51. The molecule has 2 aromatic carbocycles. The molecule has 0 saturated heterocycles. The quantitative estimate of drug-likeness (QED) is 0.726. The zero-order chi connectivity index (χ0) is 15.9. The van der Waals surface area contributed by atoms with Gasteiger partial charge in [0.05, 0.1) is 12.8 Å². The number of para-hydroxylation sites is 2. The number of ether oxygens (including phenoxy) is 1. The summed E-state index contributed by atoms with van der Waals surface area (Å²) >= 11 is 0. The average Bonchev–Trinajstić information content (AvgIpc) is 3.13. The highest BCUT2D eigenvalue weighted by atomic mass is 16.5. The summed E-state index contributed by atoms with van der Waals surface area (Å²) in [4.78, 5) is 2.27. The van der Waals surface area contributed by atoms with Crippen LogP contribution in [0.15, 0.2) is 54.6 Å². The van der Waals surface area contributed by atoms with Gasteiger partial charge in [0.2, 0.25) is 0 Å². The molecular weight excluding hydrogens is 290 g/mol. The molecular formula is C17H19N5O. The molecule has 1 N–H and O–H groups in total. The highest BCUT2D eigenvalue weighted by Gasteiger charge is 2.13. The van der Waals surface area contributed by atoms with Gasteiger partial charge in [0, 0.05) is 19.5 Å². The van der Waals surface area contributed by atoms with E-state index in [1.807, 2.05) is 24.3 Å². The molecule has 0 fully saturated rings.